The van der Waals surface area contributed by atoms with Gasteiger partial charge in [0.1, 0.15) is 6.54 Å². The molecule has 2 aromatic rings. The quantitative estimate of drug-likeness (QED) is 0.713. The number of amides is 3. The molecule has 1 aliphatic rings. The molecule has 1 aliphatic carbocycles. The van der Waals surface area contributed by atoms with Crippen molar-refractivity contribution in [2.45, 2.75) is 52.0 Å². The molecule has 2 N–H and O–H groups in total. The molecule has 2 aromatic carbocycles. The number of benzene rings is 2. The molecule has 0 heterocycles. The Balaban J connectivity index is 1.60. The third kappa shape index (κ3) is 6.67. The van der Waals surface area contributed by atoms with E-state index in [0.29, 0.717) is 11.3 Å². The van der Waals surface area contributed by atoms with Crippen LogP contribution in [0.1, 0.15) is 53.6 Å². The van der Waals surface area contributed by atoms with Gasteiger partial charge in [-0.05, 0) is 56.5 Å². The highest BCUT2D eigenvalue weighted by Crippen LogP contribution is 2.24. The van der Waals surface area contributed by atoms with Crippen LogP contribution in [0.25, 0.3) is 0 Å². The fourth-order valence-corrected chi connectivity index (χ4v) is 3.94. The van der Waals surface area contributed by atoms with Gasteiger partial charge in [0.2, 0.25) is 11.8 Å². The first kappa shape index (κ1) is 22.5. The minimum Gasteiger partial charge on any atom is -0.345 e. The van der Waals surface area contributed by atoms with Gasteiger partial charge in [-0.15, -0.1) is 0 Å². The summed E-state index contributed by atoms with van der Waals surface area (Å²) in [5, 5.41) is 5.43. The predicted octanol–water partition coefficient (Wildman–Crippen LogP) is 3.83. The summed E-state index contributed by atoms with van der Waals surface area (Å²) in [6.07, 6.45) is 5.08. The normalized spacial score (nSPS) is 14.0. The van der Waals surface area contributed by atoms with Gasteiger partial charge in [0.05, 0.1) is 6.54 Å². The molecule has 31 heavy (non-hydrogen) atoms. The molecule has 1 saturated carbocycles. The lowest BCUT2D eigenvalue weighted by Gasteiger charge is -2.34. The highest BCUT2D eigenvalue weighted by molar-refractivity contribution is 5.98. The lowest BCUT2D eigenvalue weighted by Crippen LogP contribution is -2.48. The number of anilines is 1. The third-order valence-electron chi connectivity index (χ3n) is 5.64. The van der Waals surface area contributed by atoms with Crippen LogP contribution in [0.5, 0.6) is 0 Å². The summed E-state index contributed by atoms with van der Waals surface area (Å²) in [6.45, 7) is 3.74. The zero-order valence-electron chi connectivity index (χ0n) is 18.3. The molecular formula is C25H31N3O3. The molecule has 0 aliphatic heterocycles. The summed E-state index contributed by atoms with van der Waals surface area (Å²) in [6, 6.07) is 15.0. The molecule has 3 rings (SSSR count). The molecule has 3 amide bonds. The summed E-state index contributed by atoms with van der Waals surface area (Å²) in [5.41, 5.74) is 3.40. The first-order valence-electron chi connectivity index (χ1n) is 10.9. The summed E-state index contributed by atoms with van der Waals surface area (Å²) >= 11 is 0. The number of nitrogens with one attached hydrogen (secondary N) is 2. The summed E-state index contributed by atoms with van der Waals surface area (Å²) < 4.78 is 0. The van der Waals surface area contributed by atoms with Gasteiger partial charge < -0.3 is 15.5 Å². The van der Waals surface area contributed by atoms with Crippen molar-refractivity contribution < 1.29 is 14.4 Å². The Hall–Kier alpha value is -3.15. The van der Waals surface area contributed by atoms with Gasteiger partial charge in [0.25, 0.3) is 5.91 Å². The molecule has 0 atom stereocenters. The van der Waals surface area contributed by atoms with Crippen molar-refractivity contribution in [2.24, 2.45) is 0 Å². The maximum absolute atomic E-state index is 13.2. The Bertz CT molecular complexity index is 918. The Morgan fingerprint density at radius 1 is 0.903 bits per heavy atom. The van der Waals surface area contributed by atoms with Gasteiger partial charge in [-0.3, -0.25) is 14.4 Å². The third-order valence-corrected chi connectivity index (χ3v) is 5.64. The zero-order valence-corrected chi connectivity index (χ0v) is 18.3. The Labute approximate surface area is 184 Å². The predicted molar refractivity (Wildman–Crippen MR) is 122 cm³/mol. The van der Waals surface area contributed by atoms with E-state index in [0.717, 1.165) is 43.2 Å². The van der Waals surface area contributed by atoms with Gasteiger partial charge in [-0.1, -0.05) is 49.1 Å². The molecule has 164 valence electrons. The first-order chi connectivity index (χ1) is 14.9. The van der Waals surface area contributed by atoms with Crippen molar-refractivity contribution in [1.82, 2.24) is 10.2 Å². The highest BCUT2D eigenvalue weighted by atomic mass is 16.2. The maximum Gasteiger partial charge on any atom is 0.254 e. The van der Waals surface area contributed by atoms with Crippen molar-refractivity contribution in [3.8, 4) is 0 Å². The largest absolute Gasteiger partial charge is 0.345 e. The smallest absolute Gasteiger partial charge is 0.254 e. The van der Waals surface area contributed by atoms with E-state index >= 15 is 0 Å². The number of hydrogen-bond donors (Lipinski definition) is 2. The van der Waals surface area contributed by atoms with Crippen molar-refractivity contribution in [1.29, 1.82) is 0 Å². The maximum atomic E-state index is 13.2. The van der Waals surface area contributed by atoms with E-state index < -0.39 is 0 Å². The topological polar surface area (TPSA) is 78.5 Å². The average molecular weight is 422 g/mol. The van der Waals surface area contributed by atoms with E-state index in [-0.39, 0.29) is 36.9 Å². The van der Waals surface area contributed by atoms with Crippen molar-refractivity contribution in [2.75, 3.05) is 18.4 Å². The van der Waals surface area contributed by atoms with E-state index in [1.54, 1.807) is 23.1 Å². The summed E-state index contributed by atoms with van der Waals surface area (Å²) in [4.78, 5) is 39.7. The SMILES string of the molecule is Cc1ccc(C(=O)N(CC(=O)NCC(=O)Nc2cccc(C)c2)C2CCCCC2)cc1. The molecule has 0 radical (unpaired) electrons. The number of aryl methyl sites for hydroxylation is 2. The second kappa shape index (κ2) is 10.8. The van der Waals surface area contributed by atoms with Crippen LogP contribution in [0.4, 0.5) is 5.69 Å². The second-order valence-corrected chi connectivity index (χ2v) is 8.29. The summed E-state index contributed by atoms with van der Waals surface area (Å²) in [5.74, 6) is -0.760. The molecule has 6 nitrogen and oxygen atoms in total. The number of nitrogens with zero attached hydrogens (tertiary/aromatic N) is 1. The van der Waals surface area contributed by atoms with Crippen LogP contribution in [0.15, 0.2) is 48.5 Å². The van der Waals surface area contributed by atoms with Crippen LogP contribution < -0.4 is 10.6 Å². The molecule has 1 fully saturated rings. The van der Waals surface area contributed by atoms with Gasteiger partial charge in [-0.2, -0.15) is 0 Å². The van der Waals surface area contributed by atoms with Gasteiger partial charge in [-0.25, -0.2) is 0 Å². The lowest BCUT2D eigenvalue weighted by atomic mass is 9.93. The average Bonchev–Trinajstić information content (AvgIpc) is 2.77. The Kier molecular flexibility index (Phi) is 7.82. The van der Waals surface area contributed by atoms with Gasteiger partial charge in [0, 0.05) is 17.3 Å². The van der Waals surface area contributed by atoms with Crippen molar-refractivity contribution in [3.05, 3.63) is 65.2 Å². The number of carbonyl (C=O) groups excluding carboxylic acids is 3. The van der Waals surface area contributed by atoms with Crippen LogP contribution in [0, 0.1) is 13.8 Å². The molecule has 0 bridgehead atoms. The van der Waals surface area contributed by atoms with E-state index in [1.165, 1.54) is 0 Å². The standard InChI is InChI=1S/C25H31N3O3/c1-18-11-13-20(14-12-18)25(31)28(22-9-4-3-5-10-22)17-24(30)26-16-23(29)27-21-8-6-7-19(2)15-21/h6-8,11-15,22H,3-5,9-10,16-17H2,1-2H3,(H,26,30)(H,27,29). The van der Waals surface area contributed by atoms with Crippen LogP contribution >= 0.6 is 0 Å². The molecule has 0 saturated heterocycles. The fraction of sp³-hybridized carbons (Fsp3) is 0.400. The molecule has 6 heteroatoms. The lowest BCUT2D eigenvalue weighted by molar-refractivity contribution is -0.125. The number of rotatable bonds is 7. The van der Waals surface area contributed by atoms with E-state index in [1.807, 2.05) is 44.2 Å². The monoisotopic (exact) mass is 421 g/mol. The second-order valence-electron chi connectivity index (χ2n) is 8.29. The van der Waals surface area contributed by atoms with Crippen LogP contribution in [-0.2, 0) is 9.59 Å². The molecule has 0 aromatic heterocycles. The summed E-state index contributed by atoms with van der Waals surface area (Å²) in [7, 11) is 0. The van der Waals surface area contributed by atoms with E-state index in [9.17, 15) is 14.4 Å². The minimum atomic E-state index is -0.328. The fourth-order valence-electron chi connectivity index (χ4n) is 3.94. The van der Waals surface area contributed by atoms with Crippen molar-refractivity contribution >= 4 is 23.4 Å². The van der Waals surface area contributed by atoms with E-state index in [2.05, 4.69) is 10.6 Å². The van der Waals surface area contributed by atoms with Gasteiger partial charge in [0.15, 0.2) is 0 Å². The molecule has 0 spiro atoms. The zero-order chi connectivity index (χ0) is 22.2. The van der Waals surface area contributed by atoms with Crippen molar-refractivity contribution in [3.63, 3.8) is 0 Å². The van der Waals surface area contributed by atoms with Crippen LogP contribution in [-0.4, -0.2) is 41.8 Å². The minimum absolute atomic E-state index is 0.0465. The molecular weight excluding hydrogens is 390 g/mol. The first-order valence-corrected chi connectivity index (χ1v) is 10.9. The Morgan fingerprint density at radius 3 is 2.29 bits per heavy atom. The van der Waals surface area contributed by atoms with Crippen LogP contribution in [0.3, 0.4) is 0 Å². The number of hydrogen-bond acceptors (Lipinski definition) is 3. The van der Waals surface area contributed by atoms with Crippen LogP contribution in [0.2, 0.25) is 0 Å². The molecule has 0 unspecified atom stereocenters. The van der Waals surface area contributed by atoms with E-state index in [4.69, 9.17) is 0 Å². The number of carbonyl (C=O) groups is 3. The highest BCUT2D eigenvalue weighted by Gasteiger charge is 2.28. The van der Waals surface area contributed by atoms with Gasteiger partial charge >= 0.3 is 0 Å². The Morgan fingerprint density at radius 2 is 1.61 bits per heavy atom.